The van der Waals surface area contributed by atoms with E-state index in [1.54, 1.807) is 66.7 Å². The van der Waals surface area contributed by atoms with Crippen LogP contribution in [0.25, 0.3) is 0 Å². The number of nitrogens with one attached hydrogen (secondary N) is 1. The molecule has 0 aromatic heterocycles. The smallest absolute Gasteiger partial charge is 0.224 e. The summed E-state index contributed by atoms with van der Waals surface area (Å²) in [7, 11) is 0. The van der Waals surface area contributed by atoms with Crippen molar-refractivity contribution >= 4 is 40.5 Å². The number of anilines is 1. The average Bonchev–Trinajstić information content (AvgIpc) is 2.76. The summed E-state index contributed by atoms with van der Waals surface area (Å²) in [5.74, 6) is -1.16. The van der Waals surface area contributed by atoms with Crippen molar-refractivity contribution in [3.63, 3.8) is 0 Å². The normalized spacial score (nSPS) is 12.2. The molecule has 0 unspecified atom stereocenters. The first-order valence-electron chi connectivity index (χ1n) is 9.36. The number of halogens is 1. The summed E-state index contributed by atoms with van der Waals surface area (Å²) in [6.45, 7) is 0. The number of hydrogen-bond donors (Lipinski definition) is 1. The molecule has 1 aliphatic rings. The lowest BCUT2D eigenvalue weighted by atomic mass is 9.83. The van der Waals surface area contributed by atoms with E-state index >= 15 is 0 Å². The maximum Gasteiger partial charge on any atom is 0.224 e. The zero-order chi connectivity index (χ0) is 21.3. The molecule has 148 valence electrons. The van der Waals surface area contributed by atoms with E-state index in [0.29, 0.717) is 21.7 Å². The van der Waals surface area contributed by atoms with E-state index in [9.17, 15) is 19.2 Å². The number of amides is 1. The summed E-state index contributed by atoms with van der Waals surface area (Å²) in [5, 5.41) is 3.21. The molecule has 3 aromatic carbocycles. The Morgan fingerprint density at radius 3 is 2.07 bits per heavy atom. The van der Waals surface area contributed by atoms with Gasteiger partial charge in [0, 0.05) is 40.1 Å². The van der Waals surface area contributed by atoms with E-state index in [2.05, 4.69) is 5.32 Å². The SMILES string of the molecule is O=C(CCC(=O)c1ccc(Cl)cc1)Nc1cccc2c1C(=O)c1ccccc1C2=O. The Bertz CT molecular complexity index is 1200. The fraction of sp³-hybridized carbons (Fsp3) is 0.0833. The molecule has 4 rings (SSSR count). The van der Waals surface area contributed by atoms with Gasteiger partial charge in [0.15, 0.2) is 17.3 Å². The lowest BCUT2D eigenvalue weighted by molar-refractivity contribution is -0.116. The van der Waals surface area contributed by atoms with E-state index in [1.165, 1.54) is 0 Å². The summed E-state index contributed by atoms with van der Waals surface area (Å²) in [5.41, 5.74) is 1.85. The molecule has 1 N–H and O–H groups in total. The van der Waals surface area contributed by atoms with Crippen LogP contribution in [0.1, 0.15) is 55.0 Å². The standard InChI is InChI=1S/C24H16ClNO4/c25-15-10-8-14(9-11-15)20(27)12-13-21(28)26-19-7-3-6-18-22(19)24(30)17-5-2-1-4-16(17)23(18)29/h1-11H,12-13H2,(H,26,28). The number of carbonyl (C=O) groups is 4. The van der Waals surface area contributed by atoms with Gasteiger partial charge >= 0.3 is 0 Å². The van der Waals surface area contributed by atoms with Crippen molar-refractivity contribution in [2.45, 2.75) is 12.8 Å². The third-order valence-corrected chi connectivity index (χ3v) is 5.22. The lowest BCUT2D eigenvalue weighted by Gasteiger charge is -2.20. The second kappa shape index (κ2) is 8.05. The van der Waals surface area contributed by atoms with Gasteiger partial charge in [-0.2, -0.15) is 0 Å². The van der Waals surface area contributed by atoms with Crippen molar-refractivity contribution in [2.75, 3.05) is 5.32 Å². The van der Waals surface area contributed by atoms with E-state index in [-0.39, 0.29) is 47.0 Å². The van der Waals surface area contributed by atoms with E-state index in [0.717, 1.165) is 0 Å². The van der Waals surface area contributed by atoms with Crippen LogP contribution >= 0.6 is 11.6 Å². The third kappa shape index (κ3) is 3.67. The summed E-state index contributed by atoms with van der Waals surface area (Å²) >= 11 is 5.82. The fourth-order valence-electron chi connectivity index (χ4n) is 3.47. The van der Waals surface area contributed by atoms with Gasteiger partial charge in [0.25, 0.3) is 0 Å². The van der Waals surface area contributed by atoms with Crippen LogP contribution in [-0.4, -0.2) is 23.3 Å². The molecule has 0 aliphatic heterocycles. The number of benzene rings is 3. The van der Waals surface area contributed by atoms with E-state index < -0.39 is 5.91 Å². The number of Topliss-reactive ketones (excluding diaryl/α,β-unsaturated/α-hetero) is 1. The third-order valence-electron chi connectivity index (χ3n) is 4.97. The molecule has 30 heavy (non-hydrogen) atoms. The van der Waals surface area contributed by atoms with E-state index in [4.69, 9.17) is 11.6 Å². The van der Waals surface area contributed by atoms with Gasteiger partial charge in [0.1, 0.15) is 0 Å². The van der Waals surface area contributed by atoms with Crippen molar-refractivity contribution in [1.29, 1.82) is 0 Å². The Hall–Kier alpha value is -3.57. The zero-order valence-corrected chi connectivity index (χ0v) is 16.5. The first-order valence-corrected chi connectivity index (χ1v) is 9.73. The van der Waals surface area contributed by atoms with E-state index in [1.807, 2.05) is 0 Å². The Morgan fingerprint density at radius 2 is 1.37 bits per heavy atom. The molecule has 1 aliphatic carbocycles. The summed E-state index contributed by atoms with van der Waals surface area (Å²) in [6.07, 6.45) is -0.0396. The van der Waals surface area contributed by atoms with Crippen LogP contribution in [0.3, 0.4) is 0 Å². The summed E-state index contributed by atoms with van der Waals surface area (Å²) in [4.78, 5) is 50.4. The first-order chi connectivity index (χ1) is 14.5. The molecule has 0 fully saturated rings. The van der Waals surface area contributed by atoms with Gasteiger partial charge in [-0.25, -0.2) is 0 Å². The lowest BCUT2D eigenvalue weighted by Crippen LogP contribution is -2.24. The highest BCUT2D eigenvalue weighted by Crippen LogP contribution is 2.32. The molecule has 0 saturated heterocycles. The topological polar surface area (TPSA) is 80.3 Å². The largest absolute Gasteiger partial charge is 0.325 e. The minimum Gasteiger partial charge on any atom is -0.325 e. The molecular weight excluding hydrogens is 402 g/mol. The number of ketones is 3. The predicted octanol–water partition coefficient (Wildman–Crippen LogP) is 4.72. The highest BCUT2D eigenvalue weighted by atomic mass is 35.5. The summed E-state index contributed by atoms with van der Waals surface area (Å²) in [6, 6.07) is 17.8. The van der Waals surface area contributed by atoms with Crippen LogP contribution in [0.2, 0.25) is 5.02 Å². The van der Waals surface area contributed by atoms with Crippen LogP contribution in [0, 0.1) is 0 Å². The van der Waals surface area contributed by atoms with Crippen molar-refractivity contribution in [2.24, 2.45) is 0 Å². The Morgan fingerprint density at radius 1 is 0.733 bits per heavy atom. The highest BCUT2D eigenvalue weighted by molar-refractivity contribution is 6.31. The molecule has 1 amide bonds. The number of carbonyl (C=O) groups excluding carboxylic acids is 4. The molecule has 0 spiro atoms. The van der Waals surface area contributed by atoms with Crippen LogP contribution < -0.4 is 5.32 Å². The second-order valence-electron chi connectivity index (χ2n) is 6.91. The van der Waals surface area contributed by atoms with Gasteiger partial charge in [-0.15, -0.1) is 0 Å². The van der Waals surface area contributed by atoms with Crippen molar-refractivity contribution < 1.29 is 19.2 Å². The van der Waals surface area contributed by atoms with Crippen LogP contribution in [-0.2, 0) is 4.79 Å². The van der Waals surface area contributed by atoms with Crippen LogP contribution in [0.5, 0.6) is 0 Å². The fourth-order valence-corrected chi connectivity index (χ4v) is 3.60. The highest BCUT2D eigenvalue weighted by Gasteiger charge is 2.31. The van der Waals surface area contributed by atoms with Crippen molar-refractivity contribution in [1.82, 2.24) is 0 Å². The summed E-state index contributed by atoms with van der Waals surface area (Å²) < 4.78 is 0. The molecular formula is C24H16ClNO4. The maximum absolute atomic E-state index is 13.0. The first kappa shape index (κ1) is 19.7. The minimum atomic E-state index is -0.412. The van der Waals surface area contributed by atoms with Crippen LogP contribution in [0.15, 0.2) is 66.7 Å². The van der Waals surface area contributed by atoms with Gasteiger partial charge in [-0.3, -0.25) is 19.2 Å². The Balaban J connectivity index is 1.51. The molecule has 5 nitrogen and oxygen atoms in total. The number of hydrogen-bond acceptors (Lipinski definition) is 4. The molecule has 0 saturated carbocycles. The van der Waals surface area contributed by atoms with Gasteiger partial charge in [-0.1, -0.05) is 48.0 Å². The Kier molecular flexibility index (Phi) is 5.29. The quantitative estimate of drug-likeness (QED) is 0.476. The molecule has 0 atom stereocenters. The maximum atomic E-state index is 13.0. The second-order valence-corrected chi connectivity index (χ2v) is 7.35. The molecule has 0 radical (unpaired) electrons. The average molecular weight is 418 g/mol. The molecule has 6 heteroatoms. The zero-order valence-electron chi connectivity index (χ0n) is 15.8. The Labute approximate surface area is 177 Å². The molecule has 0 heterocycles. The van der Waals surface area contributed by atoms with Gasteiger partial charge in [0.2, 0.25) is 5.91 Å². The monoisotopic (exact) mass is 417 g/mol. The van der Waals surface area contributed by atoms with Crippen molar-refractivity contribution in [3.05, 3.63) is 99.6 Å². The number of fused-ring (bicyclic) bond motifs is 2. The van der Waals surface area contributed by atoms with Crippen LogP contribution in [0.4, 0.5) is 5.69 Å². The minimum absolute atomic E-state index is 0.0121. The molecule has 0 bridgehead atoms. The predicted molar refractivity (Wildman–Crippen MR) is 113 cm³/mol. The van der Waals surface area contributed by atoms with Gasteiger partial charge in [0.05, 0.1) is 11.3 Å². The molecule has 3 aromatic rings. The van der Waals surface area contributed by atoms with Crippen molar-refractivity contribution in [3.8, 4) is 0 Å². The van der Waals surface area contributed by atoms with Gasteiger partial charge in [-0.05, 0) is 30.3 Å². The number of rotatable bonds is 5. The van der Waals surface area contributed by atoms with Gasteiger partial charge < -0.3 is 5.32 Å².